The number of benzene rings is 3. The smallest absolute Gasteiger partial charge is 0.256 e. The van der Waals surface area contributed by atoms with Crippen LogP contribution in [0, 0.1) is 0 Å². The first kappa shape index (κ1) is 16.5. The quantitative estimate of drug-likeness (QED) is 0.535. The van der Waals surface area contributed by atoms with Crippen LogP contribution in [0.25, 0.3) is 11.6 Å². The molecule has 0 saturated heterocycles. The van der Waals surface area contributed by atoms with Gasteiger partial charge in [-0.15, -0.1) is 0 Å². The zero-order chi connectivity index (χ0) is 17.5. The molecule has 3 rings (SSSR count). The van der Waals surface area contributed by atoms with Gasteiger partial charge in [-0.05, 0) is 41.5 Å². The molecule has 0 saturated carbocycles. The molecule has 0 heterocycles. The number of para-hydroxylation sites is 1. The first-order valence-corrected chi connectivity index (χ1v) is 8.04. The Labute approximate surface area is 147 Å². The van der Waals surface area contributed by atoms with Crippen molar-refractivity contribution in [1.82, 2.24) is 0 Å². The molecular formula is C22H19NO2. The van der Waals surface area contributed by atoms with Crippen LogP contribution in [0.2, 0.25) is 0 Å². The summed E-state index contributed by atoms with van der Waals surface area (Å²) in [6.45, 7) is 0. The van der Waals surface area contributed by atoms with Crippen molar-refractivity contribution in [2.24, 2.45) is 0 Å². The zero-order valence-corrected chi connectivity index (χ0v) is 14.0. The molecule has 3 aromatic carbocycles. The molecule has 3 aromatic rings. The minimum atomic E-state index is -0.145. The Bertz CT molecular complexity index is 854. The lowest BCUT2D eigenvalue weighted by molar-refractivity contribution is -0.111. The van der Waals surface area contributed by atoms with Gasteiger partial charge in [0.15, 0.2) is 0 Å². The van der Waals surface area contributed by atoms with Crippen LogP contribution in [-0.2, 0) is 4.79 Å². The van der Waals surface area contributed by atoms with E-state index in [0.717, 1.165) is 22.6 Å². The summed E-state index contributed by atoms with van der Waals surface area (Å²) < 4.78 is 5.19. The highest BCUT2D eigenvalue weighted by Gasteiger charge is 2.12. The van der Waals surface area contributed by atoms with E-state index in [4.69, 9.17) is 4.74 Å². The van der Waals surface area contributed by atoms with Crippen molar-refractivity contribution in [1.29, 1.82) is 0 Å². The molecule has 0 radical (unpaired) electrons. The summed E-state index contributed by atoms with van der Waals surface area (Å²) >= 11 is 0. The molecule has 25 heavy (non-hydrogen) atoms. The predicted octanol–water partition coefficient (Wildman–Crippen LogP) is 4.87. The molecule has 0 aliphatic carbocycles. The Morgan fingerprint density at radius 1 is 0.840 bits per heavy atom. The predicted molar refractivity (Wildman–Crippen MR) is 102 cm³/mol. The van der Waals surface area contributed by atoms with Crippen molar-refractivity contribution >= 4 is 23.2 Å². The topological polar surface area (TPSA) is 38.3 Å². The van der Waals surface area contributed by atoms with Crippen molar-refractivity contribution in [3.8, 4) is 5.75 Å². The number of amides is 1. The molecule has 1 N–H and O–H groups in total. The van der Waals surface area contributed by atoms with Crippen LogP contribution in [0.5, 0.6) is 5.75 Å². The first-order valence-electron chi connectivity index (χ1n) is 8.04. The third-order valence-electron chi connectivity index (χ3n) is 3.79. The fraction of sp³-hybridized carbons (Fsp3) is 0.0455. The van der Waals surface area contributed by atoms with Gasteiger partial charge in [0.05, 0.1) is 7.11 Å². The van der Waals surface area contributed by atoms with E-state index in [1.165, 1.54) is 0 Å². The molecule has 0 bridgehead atoms. The van der Waals surface area contributed by atoms with Gasteiger partial charge in [0.25, 0.3) is 5.91 Å². The van der Waals surface area contributed by atoms with Crippen molar-refractivity contribution in [3.63, 3.8) is 0 Å². The average molecular weight is 329 g/mol. The van der Waals surface area contributed by atoms with Crippen LogP contribution < -0.4 is 10.1 Å². The van der Waals surface area contributed by atoms with E-state index in [1.807, 2.05) is 91.0 Å². The molecule has 124 valence electrons. The molecule has 0 aromatic heterocycles. The Morgan fingerprint density at radius 3 is 2.04 bits per heavy atom. The van der Waals surface area contributed by atoms with Crippen molar-refractivity contribution in [2.45, 2.75) is 0 Å². The summed E-state index contributed by atoms with van der Waals surface area (Å²) in [4.78, 5) is 12.8. The molecule has 0 spiro atoms. The molecule has 0 atom stereocenters. The van der Waals surface area contributed by atoms with Gasteiger partial charge in [0, 0.05) is 11.3 Å². The first-order chi connectivity index (χ1) is 12.3. The van der Waals surface area contributed by atoms with Gasteiger partial charge in [-0.1, -0.05) is 60.7 Å². The summed E-state index contributed by atoms with van der Waals surface area (Å²) in [6, 6.07) is 26.7. The molecule has 0 aliphatic rings. The number of nitrogens with one attached hydrogen (secondary N) is 1. The second-order valence-corrected chi connectivity index (χ2v) is 5.52. The Kier molecular flexibility index (Phi) is 5.27. The van der Waals surface area contributed by atoms with E-state index < -0.39 is 0 Å². The van der Waals surface area contributed by atoms with Gasteiger partial charge in [-0.25, -0.2) is 0 Å². The van der Waals surface area contributed by atoms with E-state index in [0.29, 0.717) is 5.57 Å². The standard InChI is InChI=1S/C22H19NO2/c1-25-20-14-12-17(13-15-20)16-21(18-8-4-2-5-9-18)22(24)23-19-10-6-3-7-11-19/h2-16H,1H3,(H,23,24)/b21-16+. The summed E-state index contributed by atoms with van der Waals surface area (Å²) in [6.07, 6.45) is 1.88. The Morgan fingerprint density at radius 2 is 1.44 bits per heavy atom. The third kappa shape index (κ3) is 4.36. The van der Waals surface area contributed by atoms with Crippen molar-refractivity contribution in [3.05, 3.63) is 96.1 Å². The number of hydrogen-bond acceptors (Lipinski definition) is 2. The lowest BCUT2D eigenvalue weighted by atomic mass is 10.0. The molecule has 1 amide bonds. The zero-order valence-electron chi connectivity index (χ0n) is 14.0. The Balaban J connectivity index is 1.94. The van der Waals surface area contributed by atoms with Gasteiger partial charge in [-0.3, -0.25) is 4.79 Å². The van der Waals surface area contributed by atoms with E-state index >= 15 is 0 Å². The summed E-state index contributed by atoms with van der Waals surface area (Å²) in [5.41, 5.74) is 3.17. The number of hydrogen-bond donors (Lipinski definition) is 1. The van der Waals surface area contributed by atoms with Crippen LogP contribution in [0.3, 0.4) is 0 Å². The van der Waals surface area contributed by atoms with Crippen LogP contribution >= 0.6 is 0 Å². The molecule has 0 unspecified atom stereocenters. The minimum absolute atomic E-state index is 0.145. The van der Waals surface area contributed by atoms with Crippen LogP contribution in [0.1, 0.15) is 11.1 Å². The van der Waals surface area contributed by atoms with Crippen molar-refractivity contribution < 1.29 is 9.53 Å². The molecular weight excluding hydrogens is 310 g/mol. The number of carbonyl (C=O) groups excluding carboxylic acids is 1. The van der Waals surface area contributed by atoms with Gasteiger partial charge in [-0.2, -0.15) is 0 Å². The number of rotatable bonds is 5. The van der Waals surface area contributed by atoms with Crippen LogP contribution in [-0.4, -0.2) is 13.0 Å². The Hall–Kier alpha value is -3.33. The molecule has 3 heteroatoms. The van der Waals surface area contributed by atoms with E-state index in [2.05, 4.69) is 5.32 Å². The van der Waals surface area contributed by atoms with Gasteiger partial charge in [0.1, 0.15) is 5.75 Å². The molecule has 3 nitrogen and oxygen atoms in total. The summed E-state index contributed by atoms with van der Waals surface area (Å²) in [7, 11) is 1.63. The van der Waals surface area contributed by atoms with E-state index in [1.54, 1.807) is 7.11 Å². The van der Waals surface area contributed by atoms with Crippen LogP contribution in [0.15, 0.2) is 84.9 Å². The van der Waals surface area contributed by atoms with E-state index in [9.17, 15) is 4.79 Å². The van der Waals surface area contributed by atoms with E-state index in [-0.39, 0.29) is 5.91 Å². The number of methoxy groups -OCH3 is 1. The second kappa shape index (κ2) is 7.97. The van der Waals surface area contributed by atoms with Crippen LogP contribution in [0.4, 0.5) is 5.69 Å². The fourth-order valence-electron chi connectivity index (χ4n) is 2.48. The molecule has 0 fully saturated rings. The number of ether oxygens (including phenoxy) is 1. The maximum absolute atomic E-state index is 12.8. The highest BCUT2D eigenvalue weighted by molar-refractivity contribution is 6.29. The summed E-state index contributed by atoms with van der Waals surface area (Å²) in [5.74, 6) is 0.639. The monoisotopic (exact) mass is 329 g/mol. The normalized spacial score (nSPS) is 11.0. The lowest BCUT2D eigenvalue weighted by Gasteiger charge is -2.10. The minimum Gasteiger partial charge on any atom is -0.497 e. The van der Waals surface area contributed by atoms with Gasteiger partial charge in [0.2, 0.25) is 0 Å². The fourth-order valence-corrected chi connectivity index (χ4v) is 2.48. The lowest BCUT2D eigenvalue weighted by Crippen LogP contribution is -2.13. The number of carbonyl (C=O) groups is 1. The number of anilines is 1. The highest BCUT2D eigenvalue weighted by Crippen LogP contribution is 2.22. The largest absolute Gasteiger partial charge is 0.497 e. The van der Waals surface area contributed by atoms with Gasteiger partial charge < -0.3 is 10.1 Å². The maximum Gasteiger partial charge on any atom is 0.256 e. The van der Waals surface area contributed by atoms with Crippen molar-refractivity contribution in [2.75, 3.05) is 12.4 Å². The second-order valence-electron chi connectivity index (χ2n) is 5.52. The third-order valence-corrected chi connectivity index (χ3v) is 3.79. The SMILES string of the molecule is COc1ccc(/C=C(/C(=O)Nc2ccccc2)c2ccccc2)cc1. The highest BCUT2D eigenvalue weighted by atomic mass is 16.5. The summed E-state index contributed by atoms with van der Waals surface area (Å²) in [5, 5.41) is 2.95. The average Bonchev–Trinajstić information content (AvgIpc) is 2.68. The maximum atomic E-state index is 12.8. The van der Waals surface area contributed by atoms with Gasteiger partial charge >= 0.3 is 0 Å². The molecule has 0 aliphatic heterocycles.